The molecule has 0 saturated heterocycles. The second-order valence-corrected chi connectivity index (χ2v) is 5.47. The minimum absolute atomic E-state index is 0.190. The Bertz CT molecular complexity index is 675. The minimum Gasteiger partial charge on any atom is -0.494 e. The van der Waals surface area contributed by atoms with Gasteiger partial charge in [0.2, 0.25) is 0 Å². The number of hydrogen-bond acceptors (Lipinski definition) is 4. The number of nitrogens with one attached hydrogen (secondary N) is 2. The van der Waals surface area contributed by atoms with Crippen LogP contribution in [0.3, 0.4) is 0 Å². The maximum atomic E-state index is 12.2. The van der Waals surface area contributed by atoms with Gasteiger partial charge in [-0.2, -0.15) is 0 Å². The fraction of sp³-hybridized carbons (Fsp3) is 0.412. The number of carbonyl (C=O) groups is 1. The van der Waals surface area contributed by atoms with Crippen molar-refractivity contribution in [2.24, 2.45) is 0 Å². The van der Waals surface area contributed by atoms with Gasteiger partial charge in [-0.15, -0.1) is 0 Å². The first-order valence-electron chi connectivity index (χ1n) is 7.66. The predicted molar refractivity (Wildman–Crippen MR) is 88.9 cm³/mol. The van der Waals surface area contributed by atoms with E-state index in [-0.39, 0.29) is 12.1 Å². The summed E-state index contributed by atoms with van der Waals surface area (Å²) in [5.41, 5.74) is 3.38. The van der Waals surface area contributed by atoms with Crippen molar-refractivity contribution < 1.29 is 14.1 Å². The summed E-state index contributed by atoms with van der Waals surface area (Å²) in [4.78, 5) is 12.2. The van der Waals surface area contributed by atoms with Gasteiger partial charge in [0.1, 0.15) is 11.5 Å². The average molecular weight is 317 g/mol. The van der Waals surface area contributed by atoms with E-state index in [9.17, 15) is 4.79 Å². The summed E-state index contributed by atoms with van der Waals surface area (Å²) in [7, 11) is 0. The summed E-state index contributed by atoms with van der Waals surface area (Å²) in [5.74, 6) is 1.54. The Morgan fingerprint density at radius 1 is 1.35 bits per heavy atom. The van der Waals surface area contributed by atoms with E-state index < -0.39 is 0 Å². The maximum absolute atomic E-state index is 12.2. The van der Waals surface area contributed by atoms with Crippen LogP contribution in [0.2, 0.25) is 0 Å². The lowest BCUT2D eigenvalue weighted by Gasteiger charge is -2.15. The molecule has 23 heavy (non-hydrogen) atoms. The molecule has 2 N–H and O–H groups in total. The van der Waals surface area contributed by atoms with Gasteiger partial charge in [-0.25, -0.2) is 4.79 Å². The Labute approximate surface area is 136 Å². The van der Waals surface area contributed by atoms with Crippen molar-refractivity contribution in [1.29, 1.82) is 0 Å². The monoisotopic (exact) mass is 317 g/mol. The molecule has 0 aliphatic carbocycles. The van der Waals surface area contributed by atoms with E-state index >= 15 is 0 Å². The number of amides is 2. The number of ether oxygens (including phenoxy) is 1. The Morgan fingerprint density at radius 2 is 2.09 bits per heavy atom. The van der Waals surface area contributed by atoms with Crippen LogP contribution in [0.15, 0.2) is 22.7 Å². The third kappa shape index (κ3) is 4.03. The predicted octanol–water partition coefficient (Wildman–Crippen LogP) is 3.88. The van der Waals surface area contributed by atoms with Gasteiger partial charge >= 0.3 is 6.03 Å². The fourth-order valence-electron chi connectivity index (χ4n) is 2.59. The van der Waals surface area contributed by atoms with Crippen LogP contribution >= 0.6 is 0 Å². The number of hydrogen-bond donors (Lipinski definition) is 2. The number of aryl methyl sites for hydroxylation is 3. The quantitative estimate of drug-likeness (QED) is 0.877. The van der Waals surface area contributed by atoms with Gasteiger partial charge in [-0.1, -0.05) is 5.16 Å². The van der Waals surface area contributed by atoms with Crippen LogP contribution in [0.4, 0.5) is 10.5 Å². The van der Waals surface area contributed by atoms with Crippen LogP contribution in [0.5, 0.6) is 5.75 Å². The standard InChI is InChI=1S/C17H23N3O3/c1-6-22-15-8-7-14(9-10(15)2)19-17(21)18-11(3)16-12(4)20-23-13(16)5/h7-9,11H,6H2,1-5H3,(H2,18,19,21). The van der Waals surface area contributed by atoms with E-state index in [0.29, 0.717) is 12.4 Å². The molecule has 0 aliphatic rings. The van der Waals surface area contributed by atoms with Crippen molar-refractivity contribution in [3.8, 4) is 5.75 Å². The number of carbonyl (C=O) groups excluding carboxylic acids is 1. The highest BCUT2D eigenvalue weighted by Gasteiger charge is 2.18. The molecule has 2 amide bonds. The summed E-state index contributed by atoms with van der Waals surface area (Å²) < 4.78 is 10.6. The number of anilines is 1. The summed E-state index contributed by atoms with van der Waals surface area (Å²) in [6.07, 6.45) is 0. The Balaban J connectivity index is 2.01. The molecular weight excluding hydrogens is 294 g/mol. The molecule has 1 aromatic carbocycles. The third-order valence-corrected chi connectivity index (χ3v) is 3.60. The molecule has 1 heterocycles. The minimum atomic E-state index is -0.277. The van der Waals surface area contributed by atoms with Crippen LogP contribution in [-0.2, 0) is 0 Å². The van der Waals surface area contributed by atoms with Crippen molar-refractivity contribution in [2.75, 3.05) is 11.9 Å². The lowest BCUT2D eigenvalue weighted by molar-refractivity contribution is 0.249. The van der Waals surface area contributed by atoms with Crippen LogP contribution < -0.4 is 15.4 Å². The SMILES string of the molecule is CCOc1ccc(NC(=O)NC(C)c2c(C)noc2C)cc1C. The van der Waals surface area contributed by atoms with Gasteiger partial charge in [0.15, 0.2) is 0 Å². The molecule has 0 radical (unpaired) electrons. The highest BCUT2D eigenvalue weighted by Crippen LogP contribution is 2.23. The van der Waals surface area contributed by atoms with Gasteiger partial charge in [0.25, 0.3) is 0 Å². The van der Waals surface area contributed by atoms with E-state index in [0.717, 1.165) is 28.3 Å². The maximum Gasteiger partial charge on any atom is 0.319 e. The molecule has 0 saturated carbocycles. The molecule has 0 spiro atoms. The molecule has 0 fully saturated rings. The van der Waals surface area contributed by atoms with Crippen LogP contribution in [-0.4, -0.2) is 17.8 Å². The summed E-state index contributed by atoms with van der Waals surface area (Å²) in [6.45, 7) is 10.1. The molecule has 2 rings (SSSR count). The van der Waals surface area contributed by atoms with Gasteiger partial charge in [-0.3, -0.25) is 0 Å². The largest absolute Gasteiger partial charge is 0.494 e. The molecule has 124 valence electrons. The normalized spacial score (nSPS) is 11.9. The first-order chi connectivity index (χ1) is 10.9. The highest BCUT2D eigenvalue weighted by atomic mass is 16.5. The van der Waals surface area contributed by atoms with Crippen LogP contribution in [0.1, 0.15) is 42.5 Å². The molecule has 1 unspecified atom stereocenters. The summed E-state index contributed by atoms with van der Waals surface area (Å²) >= 11 is 0. The molecule has 1 atom stereocenters. The molecule has 0 bridgehead atoms. The molecule has 2 aromatic rings. The molecule has 6 heteroatoms. The average Bonchev–Trinajstić information content (AvgIpc) is 2.81. The Hall–Kier alpha value is -2.50. The van der Waals surface area contributed by atoms with E-state index in [1.807, 2.05) is 52.8 Å². The van der Waals surface area contributed by atoms with E-state index in [2.05, 4.69) is 15.8 Å². The molecular formula is C17H23N3O3. The number of aromatic nitrogens is 1. The molecule has 1 aromatic heterocycles. The summed E-state index contributed by atoms with van der Waals surface area (Å²) in [5, 5.41) is 9.62. The van der Waals surface area contributed by atoms with E-state index in [1.54, 1.807) is 0 Å². The van der Waals surface area contributed by atoms with Gasteiger partial charge in [0.05, 0.1) is 18.3 Å². The first-order valence-corrected chi connectivity index (χ1v) is 7.66. The Kier molecular flexibility index (Phi) is 5.26. The molecule has 0 aliphatic heterocycles. The number of benzene rings is 1. The van der Waals surface area contributed by atoms with Crippen molar-refractivity contribution in [1.82, 2.24) is 10.5 Å². The zero-order chi connectivity index (χ0) is 17.0. The van der Waals surface area contributed by atoms with Gasteiger partial charge in [0, 0.05) is 11.3 Å². The number of rotatable bonds is 5. The smallest absolute Gasteiger partial charge is 0.319 e. The summed E-state index contributed by atoms with van der Waals surface area (Å²) in [6, 6.07) is 5.08. The molecule has 6 nitrogen and oxygen atoms in total. The Morgan fingerprint density at radius 3 is 2.65 bits per heavy atom. The third-order valence-electron chi connectivity index (χ3n) is 3.60. The van der Waals surface area contributed by atoms with E-state index in [1.165, 1.54) is 0 Å². The number of urea groups is 1. The van der Waals surface area contributed by atoms with Crippen LogP contribution in [0.25, 0.3) is 0 Å². The van der Waals surface area contributed by atoms with Crippen molar-refractivity contribution in [2.45, 2.75) is 40.7 Å². The highest BCUT2D eigenvalue weighted by molar-refractivity contribution is 5.89. The second-order valence-electron chi connectivity index (χ2n) is 5.47. The zero-order valence-corrected chi connectivity index (χ0v) is 14.2. The van der Waals surface area contributed by atoms with E-state index in [4.69, 9.17) is 9.26 Å². The van der Waals surface area contributed by atoms with Crippen molar-refractivity contribution in [3.05, 3.63) is 40.8 Å². The van der Waals surface area contributed by atoms with Gasteiger partial charge in [-0.05, 0) is 58.4 Å². The second kappa shape index (κ2) is 7.17. The zero-order valence-electron chi connectivity index (χ0n) is 14.2. The topological polar surface area (TPSA) is 76.4 Å². The van der Waals surface area contributed by atoms with Crippen LogP contribution in [0, 0.1) is 20.8 Å². The fourth-order valence-corrected chi connectivity index (χ4v) is 2.59. The van der Waals surface area contributed by atoms with Gasteiger partial charge < -0.3 is 19.9 Å². The van der Waals surface area contributed by atoms with Crippen molar-refractivity contribution >= 4 is 11.7 Å². The van der Waals surface area contributed by atoms with Crippen molar-refractivity contribution in [3.63, 3.8) is 0 Å². The lowest BCUT2D eigenvalue weighted by Crippen LogP contribution is -2.31. The number of nitrogens with zero attached hydrogens (tertiary/aromatic N) is 1. The first kappa shape index (κ1) is 16.9. The lowest BCUT2D eigenvalue weighted by atomic mass is 10.1.